The number of rotatable bonds is 7. The first-order valence-electron chi connectivity index (χ1n) is 10.1. The average Bonchev–Trinajstić information content (AvgIpc) is 3.38. The van der Waals surface area contributed by atoms with E-state index in [-0.39, 0.29) is 6.61 Å². The second kappa shape index (κ2) is 9.23. The van der Waals surface area contributed by atoms with Gasteiger partial charge in [0.05, 0.1) is 12.4 Å². The molecule has 11 heteroatoms. The van der Waals surface area contributed by atoms with Crippen LogP contribution in [0.4, 0.5) is 26.3 Å². The van der Waals surface area contributed by atoms with Gasteiger partial charge in [-0.3, -0.25) is 9.69 Å². The van der Waals surface area contributed by atoms with Crippen molar-refractivity contribution in [3.63, 3.8) is 0 Å². The Hall–Kier alpha value is -2.01. The Labute approximate surface area is 175 Å². The summed E-state index contributed by atoms with van der Waals surface area (Å²) in [7, 11) is 0. The van der Waals surface area contributed by atoms with Crippen LogP contribution in [0.2, 0.25) is 0 Å². The van der Waals surface area contributed by atoms with E-state index in [1.807, 2.05) is 6.08 Å². The molecule has 0 unspecified atom stereocenters. The largest absolute Gasteiger partial charge is 0.459 e. The van der Waals surface area contributed by atoms with Crippen LogP contribution >= 0.6 is 0 Å². The van der Waals surface area contributed by atoms with Crippen LogP contribution in [0, 0.1) is 5.92 Å². The lowest BCUT2D eigenvalue weighted by molar-refractivity contribution is -0.351. The normalized spacial score (nSPS) is 22.8. The van der Waals surface area contributed by atoms with Gasteiger partial charge in [0.15, 0.2) is 5.76 Å². The number of hydrogen-bond donors (Lipinski definition) is 1. The fourth-order valence-corrected chi connectivity index (χ4v) is 4.09. The van der Waals surface area contributed by atoms with Gasteiger partial charge in [0.2, 0.25) is 0 Å². The topological polar surface area (TPSA) is 54.7 Å². The monoisotopic (exact) mass is 454 g/mol. The van der Waals surface area contributed by atoms with Crippen LogP contribution < -0.4 is 5.32 Å². The van der Waals surface area contributed by atoms with Crippen LogP contribution in [-0.2, 0) is 4.74 Å². The minimum absolute atomic E-state index is 0.272. The minimum Gasteiger partial charge on any atom is -0.459 e. The van der Waals surface area contributed by atoms with Gasteiger partial charge in [-0.05, 0) is 50.2 Å². The van der Waals surface area contributed by atoms with Crippen molar-refractivity contribution < 1.29 is 40.3 Å². The summed E-state index contributed by atoms with van der Waals surface area (Å²) in [5, 5.41) is 1.25. The van der Waals surface area contributed by atoms with Crippen molar-refractivity contribution in [2.75, 3.05) is 19.7 Å². The molecular formula is C20H24F6N2O3. The molecule has 1 fully saturated rings. The van der Waals surface area contributed by atoms with Crippen molar-refractivity contribution >= 4 is 5.91 Å². The molecule has 0 bridgehead atoms. The Morgan fingerprint density at radius 3 is 2.35 bits per heavy atom. The summed E-state index contributed by atoms with van der Waals surface area (Å²) < 4.78 is 95.8. The standard InChI is InChI=1S/C20H24F6N2O3/c21-19(22,23)18(20(24,25)26,27-17(29)16-9-5-11-31-16)28(13-15-8-4-10-30-15)12-14-6-2-1-3-7-14/h1-2,5,9,11,14-15H,3-4,6-8,10,12-13H2,(H,27,29)/t14-,15+/m0/s1. The van der Waals surface area contributed by atoms with Gasteiger partial charge in [-0.15, -0.1) is 0 Å². The SMILES string of the molecule is O=C(NC(N(C[C@H]1CC=CCC1)C[C@H]1CCCO1)(C(F)(F)F)C(F)(F)F)c1ccco1. The second-order valence-electron chi connectivity index (χ2n) is 7.83. The quantitative estimate of drug-likeness (QED) is 0.370. The lowest BCUT2D eigenvalue weighted by atomic mass is 9.92. The number of ether oxygens (including phenoxy) is 1. The number of hydrogen-bond acceptors (Lipinski definition) is 4. The lowest BCUT2D eigenvalue weighted by Gasteiger charge is -2.47. The van der Waals surface area contributed by atoms with E-state index in [1.165, 1.54) is 11.4 Å². The molecular weight excluding hydrogens is 430 g/mol. The maximum absolute atomic E-state index is 14.3. The van der Waals surface area contributed by atoms with Crippen LogP contribution in [-0.4, -0.2) is 54.6 Å². The summed E-state index contributed by atoms with van der Waals surface area (Å²) in [5.74, 6) is -2.66. The molecule has 2 heterocycles. The molecule has 0 spiro atoms. The Morgan fingerprint density at radius 2 is 1.84 bits per heavy atom. The second-order valence-corrected chi connectivity index (χ2v) is 7.83. The van der Waals surface area contributed by atoms with E-state index >= 15 is 0 Å². The molecule has 2 atom stereocenters. The molecule has 31 heavy (non-hydrogen) atoms. The summed E-state index contributed by atoms with van der Waals surface area (Å²) in [6.45, 7) is -0.839. The van der Waals surface area contributed by atoms with Gasteiger partial charge >= 0.3 is 12.4 Å². The molecule has 1 aliphatic heterocycles. The Kier molecular flexibility index (Phi) is 7.04. The van der Waals surface area contributed by atoms with Crippen LogP contribution in [0.1, 0.15) is 42.7 Å². The van der Waals surface area contributed by atoms with Gasteiger partial charge in [-0.2, -0.15) is 26.3 Å². The van der Waals surface area contributed by atoms with Crippen LogP contribution in [0.5, 0.6) is 0 Å². The smallest absolute Gasteiger partial charge is 0.434 e. The zero-order valence-corrected chi connectivity index (χ0v) is 16.6. The van der Waals surface area contributed by atoms with Crippen LogP contribution in [0.3, 0.4) is 0 Å². The van der Waals surface area contributed by atoms with E-state index < -0.39 is 54.8 Å². The fraction of sp³-hybridized carbons (Fsp3) is 0.650. The average molecular weight is 454 g/mol. The molecule has 2 aliphatic rings. The van der Waals surface area contributed by atoms with Gasteiger partial charge in [0.1, 0.15) is 0 Å². The van der Waals surface area contributed by atoms with Crippen LogP contribution in [0.25, 0.3) is 0 Å². The van der Waals surface area contributed by atoms with Crippen molar-refractivity contribution in [3.05, 3.63) is 36.3 Å². The van der Waals surface area contributed by atoms with Crippen molar-refractivity contribution in [2.45, 2.75) is 56.2 Å². The maximum atomic E-state index is 14.3. The number of carbonyl (C=O) groups excluding carboxylic acids is 1. The Bertz CT molecular complexity index is 740. The van der Waals surface area contributed by atoms with E-state index in [0.717, 1.165) is 12.3 Å². The number of nitrogens with zero attached hydrogens (tertiary/aromatic N) is 1. The number of allylic oxidation sites excluding steroid dienone is 2. The zero-order valence-electron chi connectivity index (χ0n) is 16.6. The summed E-state index contributed by atoms with van der Waals surface area (Å²) >= 11 is 0. The highest BCUT2D eigenvalue weighted by Crippen LogP contribution is 2.46. The third-order valence-corrected chi connectivity index (χ3v) is 5.64. The maximum Gasteiger partial charge on any atom is 0.434 e. The number of amides is 1. The van der Waals surface area contributed by atoms with E-state index in [0.29, 0.717) is 37.0 Å². The highest BCUT2D eigenvalue weighted by atomic mass is 19.4. The molecule has 1 saturated heterocycles. The molecule has 0 aromatic carbocycles. The number of carbonyl (C=O) groups is 1. The molecule has 5 nitrogen and oxygen atoms in total. The summed E-state index contributed by atoms with van der Waals surface area (Å²) in [6.07, 6.45) is -5.61. The highest BCUT2D eigenvalue weighted by molar-refractivity contribution is 5.92. The van der Waals surface area contributed by atoms with E-state index in [9.17, 15) is 31.1 Å². The van der Waals surface area contributed by atoms with Gasteiger partial charge in [0, 0.05) is 19.7 Å². The van der Waals surface area contributed by atoms with Gasteiger partial charge in [-0.1, -0.05) is 12.2 Å². The lowest BCUT2D eigenvalue weighted by Crippen LogP contribution is -2.77. The molecule has 0 saturated carbocycles. The van der Waals surface area contributed by atoms with Crippen molar-refractivity contribution in [1.82, 2.24) is 10.2 Å². The molecule has 1 aliphatic carbocycles. The summed E-state index contributed by atoms with van der Waals surface area (Å²) in [5.41, 5.74) is -4.59. The third-order valence-electron chi connectivity index (χ3n) is 5.64. The predicted octanol–water partition coefficient (Wildman–Crippen LogP) is 4.67. The fourth-order valence-electron chi connectivity index (χ4n) is 4.09. The molecule has 1 aromatic heterocycles. The first-order valence-corrected chi connectivity index (χ1v) is 10.1. The van der Waals surface area contributed by atoms with Crippen LogP contribution in [0.15, 0.2) is 35.0 Å². The Balaban J connectivity index is 2.03. The molecule has 1 amide bonds. The van der Waals surface area contributed by atoms with E-state index in [4.69, 9.17) is 9.15 Å². The summed E-state index contributed by atoms with van der Waals surface area (Å²) in [4.78, 5) is 12.7. The van der Waals surface area contributed by atoms with Crippen molar-refractivity contribution in [3.8, 4) is 0 Å². The molecule has 0 radical (unpaired) electrons. The zero-order chi connectivity index (χ0) is 22.7. The number of halogens is 6. The first-order chi connectivity index (χ1) is 14.5. The molecule has 1 aromatic rings. The highest BCUT2D eigenvalue weighted by Gasteiger charge is 2.75. The van der Waals surface area contributed by atoms with E-state index in [1.54, 1.807) is 6.08 Å². The first kappa shape index (κ1) is 23.6. The number of furan rings is 1. The van der Waals surface area contributed by atoms with E-state index in [2.05, 4.69) is 0 Å². The van der Waals surface area contributed by atoms with Gasteiger partial charge < -0.3 is 14.5 Å². The van der Waals surface area contributed by atoms with Gasteiger partial charge in [-0.25, -0.2) is 0 Å². The van der Waals surface area contributed by atoms with Crippen molar-refractivity contribution in [2.24, 2.45) is 5.92 Å². The minimum atomic E-state index is -5.85. The number of alkyl halides is 6. The molecule has 3 rings (SSSR count). The number of nitrogens with one attached hydrogen (secondary N) is 1. The Morgan fingerprint density at radius 1 is 1.10 bits per heavy atom. The predicted molar refractivity (Wildman–Crippen MR) is 98.0 cm³/mol. The third kappa shape index (κ3) is 5.08. The van der Waals surface area contributed by atoms with Gasteiger partial charge in [0.25, 0.3) is 11.6 Å². The molecule has 1 N–H and O–H groups in total. The molecule has 174 valence electrons. The van der Waals surface area contributed by atoms with Crippen molar-refractivity contribution in [1.29, 1.82) is 0 Å². The summed E-state index contributed by atoms with van der Waals surface area (Å²) in [6, 6.07) is 2.21.